The Bertz CT molecular complexity index is 1590. The van der Waals surface area contributed by atoms with Crippen LogP contribution in [-0.2, 0) is 20.9 Å². The van der Waals surface area contributed by atoms with Gasteiger partial charge in [0.2, 0.25) is 5.79 Å². The van der Waals surface area contributed by atoms with Crippen LogP contribution in [0.25, 0.3) is 0 Å². The summed E-state index contributed by atoms with van der Waals surface area (Å²) in [5.41, 5.74) is 3.66. The van der Waals surface area contributed by atoms with Gasteiger partial charge in [0.25, 0.3) is 0 Å². The van der Waals surface area contributed by atoms with Crippen LogP contribution in [-0.4, -0.2) is 78.8 Å². The number of likely N-dealkylation sites (N-methyl/N-ethyl adjacent to an activating group) is 1. The number of carbonyl (C=O) groups is 1. The molecule has 0 radical (unpaired) electrons. The molecule has 1 amide bonds. The Morgan fingerprint density at radius 2 is 1.75 bits per heavy atom. The van der Waals surface area contributed by atoms with Crippen molar-refractivity contribution in [3.8, 4) is 11.5 Å². The maximum Gasteiger partial charge on any atom is 0.409 e. The predicted octanol–water partition coefficient (Wildman–Crippen LogP) is 7.73. The van der Waals surface area contributed by atoms with Crippen LogP contribution >= 0.6 is 0 Å². The minimum atomic E-state index is -1.35. The zero-order valence-corrected chi connectivity index (χ0v) is 31.1. The van der Waals surface area contributed by atoms with Gasteiger partial charge in [0.1, 0.15) is 30.8 Å². The lowest BCUT2D eigenvalue weighted by atomic mass is 9.55. The van der Waals surface area contributed by atoms with Gasteiger partial charge in [-0.2, -0.15) is 0 Å². The summed E-state index contributed by atoms with van der Waals surface area (Å²) in [5.74, 6) is -0.341. The number of oxime groups is 1. The van der Waals surface area contributed by atoms with Crippen LogP contribution in [0.3, 0.4) is 0 Å². The van der Waals surface area contributed by atoms with E-state index >= 15 is 0 Å². The van der Waals surface area contributed by atoms with E-state index in [0.717, 1.165) is 48.1 Å². The van der Waals surface area contributed by atoms with Crippen molar-refractivity contribution in [2.24, 2.45) is 22.9 Å². The van der Waals surface area contributed by atoms with E-state index in [-0.39, 0.29) is 57.2 Å². The number of rotatable bonds is 21. The van der Waals surface area contributed by atoms with Crippen molar-refractivity contribution in [2.75, 3.05) is 40.1 Å². The number of hydrogen-bond donors (Lipinski definition) is 2. The molecule has 2 aromatic carbocycles. The molecular formula is C43H56N2O8. The molecule has 1 heterocycles. The van der Waals surface area contributed by atoms with E-state index in [4.69, 9.17) is 28.9 Å². The summed E-state index contributed by atoms with van der Waals surface area (Å²) in [5, 5.41) is 24.4. The molecule has 10 nitrogen and oxygen atoms in total. The lowest BCUT2D eigenvalue weighted by Gasteiger charge is -2.59. The molecular weight excluding hydrogens is 672 g/mol. The fourth-order valence-electron chi connectivity index (χ4n) is 8.19. The highest BCUT2D eigenvalue weighted by Crippen LogP contribution is 2.61. The summed E-state index contributed by atoms with van der Waals surface area (Å²) >= 11 is 0. The van der Waals surface area contributed by atoms with Gasteiger partial charge in [-0.15, -0.1) is 13.2 Å². The Morgan fingerprint density at radius 1 is 1.00 bits per heavy atom. The second-order valence-corrected chi connectivity index (χ2v) is 13.9. The standard InChI is InChI=1S/C43H56N2O8/c1-5-8-26-50-42(48)45(4)39-29-37(44-52-30-31-16-10-9-11-17-31)35-27-32(18-12-14-22-46)34(19-13-15-23-47)40-36-28-33(49-24-6-2)20-21-38(36)53-43(39,41(35)40)51-25-7-3/h5-7,9-11,16-17,20-21,27-28,32,34,39-41,46-47H,1-3,8,12-15,18-19,22-26,29-30H2,4H3/t32-,34+,39-,40+,41+,43+/m0/s1. The van der Waals surface area contributed by atoms with Gasteiger partial charge in [0.05, 0.1) is 24.8 Å². The van der Waals surface area contributed by atoms with Crippen LogP contribution in [0.15, 0.2) is 103 Å². The van der Waals surface area contributed by atoms with Gasteiger partial charge in [-0.3, -0.25) is 0 Å². The molecule has 0 saturated heterocycles. The number of carbonyl (C=O) groups excluding carboxylic acids is 1. The monoisotopic (exact) mass is 728 g/mol. The Morgan fingerprint density at radius 3 is 2.47 bits per heavy atom. The number of aliphatic hydroxyl groups excluding tert-OH is 2. The number of allylic oxidation sites excluding steroid dienone is 1. The fourth-order valence-corrected chi connectivity index (χ4v) is 8.19. The molecule has 286 valence electrons. The molecule has 0 bridgehead atoms. The fraction of sp³-hybridized carbons (Fsp3) is 0.488. The van der Waals surface area contributed by atoms with E-state index in [2.05, 4.69) is 31.9 Å². The first-order valence-electron chi connectivity index (χ1n) is 18.9. The lowest BCUT2D eigenvalue weighted by molar-refractivity contribution is -0.253. The van der Waals surface area contributed by atoms with Crippen molar-refractivity contribution in [3.05, 3.63) is 109 Å². The van der Waals surface area contributed by atoms with E-state index in [1.807, 2.05) is 42.5 Å². The highest BCUT2D eigenvalue weighted by Gasteiger charge is 2.65. The second kappa shape index (κ2) is 19.6. The van der Waals surface area contributed by atoms with Crippen molar-refractivity contribution in [1.29, 1.82) is 0 Å². The van der Waals surface area contributed by atoms with Gasteiger partial charge in [-0.1, -0.05) is 79.2 Å². The molecule has 1 saturated carbocycles. The Labute approximate surface area is 314 Å². The molecule has 1 aliphatic heterocycles. The molecule has 0 aromatic heterocycles. The number of benzene rings is 2. The summed E-state index contributed by atoms with van der Waals surface area (Å²) in [4.78, 5) is 21.4. The minimum absolute atomic E-state index is 0.105. The first-order valence-corrected chi connectivity index (χ1v) is 18.9. The smallest absolute Gasteiger partial charge is 0.409 e. The maximum atomic E-state index is 13.8. The Kier molecular flexibility index (Phi) is 14.7. The number of nitrogens with zero attached hydrogens (tertiary/aromatic N) is 2. The molecule has 1 fully saturated rings. The van der Waals surface area contributed by atoms with Crippen LogP contribution in [0.1, 0.15) is 68.4 Å². The molecule has 2 aliphatic carbocycles. The second-order valence-electron chi connectivity index (χ2n) is 13.9. The topological polar surface area (TPSA) is 119 Å². The van der Waals surface area contributed by atoms with Gasteiger partial charge < -0.3 is 38.9 Å². The third-order valence-corrected chi connectivity index (χ3v) is 10.6. The molecule has 0 unspecified atom stereocenters. The van der Waals surface area contributed by atoms with Crippen LogP contribution in [0, 0.1) is 17.8 Å². The van der Waals surface area contributed by atoms with Gasteiger partial charge in [0, 0.05) is 38.2 Å². The zero-order valence-electron chi connectivity index (χ0n) is 31.1. The predicted molar refractivity (Wildman–Crippen MR) is 206 cm³/mol. The Balaban J connectivity index is 1.72. The largest absolute Gasteiger partial charge is 0.490 e. The molecule has 0 spiro atoms. The van der Waals surface area contributed by atoms with Crippen LogP contribution < -0.4 is 9.47 Å². The van der Waals surface area contributed by atoms with Gasteiger partial charge in [-0.05, 0) is 73.3 Å². The average molecular weight is 729 g/mol. The summed E-state index contributed by atoms with van der Waals surface area (Å²) in [6.45, 7) is 12.8. The van der Waals surface area contributed by atoms with E-state index in [1.54, 1.807) is 30.2 Å². The SMILES string of the molecule is C=CCCOC(=O)N(C)[C@H]1CC(=NOCc2ccccc2)C2=C[C@H](CCCCO)[C@@H](CCCCO)[C@@H]3c4cc(OCC=C)ccc4O[C@@]1(OCC=C)[C@H]23. The quantitative estimate of drug-likeness (QED) is 0.0762. The molecule has 3 aliphatic rings. The third kappa shape index (κ3) is 9.23. The van der Waals surface area contributed by atoms with Crippen LogP contribution in [0.2, 0.25) is 0 Å². The normalized spacial score (nSPS) is 24.8. The highest BCUT2D eigenvalue weighted by molar-refractivity contribution is 6.02. The van der Waals surface area contributed by atoms with Gasteiger partial charge in [0.15, 0.2) is 0 Å². The van der Waals surface area contributed by atoms with E-state index in [0.29, 0.717) is 37.4 Å². The van der Waals surface area contributed by atoms with E-state index in [9.17, 15) is 15.0 Å². The molecule has 10 heteroatoms. The number of ether oxygens (including phenoxy) is 4. The first kappa shape index (κ1) is 39.8. The lowest BCUT2D eigenvalue weighted by Crippen LogP contribution is -2.69. The first-order chi connectivity index (χ1) is 25.9. The minimum Gasteiger partial charge on any atom is -0.490 e. The summed E-state index contributed by atoms with van der Waals surface area (Å²) in [7, 11) is 1.72. The number of unbranched alkanes of at least 4 members (excludes halogenated alkanes) is 2. The van der Waals surface area contributed by atoms with Gasteiger partial charge in [-0.25, -0.2) is 4.79 Å². The van der Waals surface area contributed by atoms with Crippen molar-refractivity contribution in [3.63, 3.8) is 0 Å². The summed E-state index contributed by atoms with van der Waals surface area (Å²) < 4.78 is 25.8. The molecule has 2 aromatic rings. The molecule has 2 N–H and O–H groups in total. The maximum absolute atomic E-state index is 13.8. The van der Waals surface area contributed by atoms with Crippen molar-refractivity contribution in [1.82, 2.24) is 4.90 Å². The van der Waals surface area contributed by atoms with Crippen LogP contribution in [0.5, 0.6) is 11.5 Å². The average Bonchev–Trinajstić information content (AvgIpc) is 3.18. The number of amides is 1. The summed E-state index contributed by atoms with van der Waals surface area (Å²) in [6.07, 6.45) is 12.5. The highest BCUT2D eigenvalue weighted by atomic mass is 16.7. The van der Waals surface area contributed by atoms with E-state index in [1.165, 1.54) is 0 Å². The number of aliphatic hydroxyl groups is 2. The zero-order chi connectivity index (χ0) is 37.6. The van der Waals surface area contributed by atoms with Crippen molar-refractivity contribution < 1.29 is 38.8 Å². The van der Waals surface area contributed by atoms with Crippen LogP contribution in [0.4, 0.5) is 4.79 Å². The molecule has 6 atom stereocenters. The molecule has 53 heavy (non-hydrogen) atoms. The van der Waals surface area contributed by atoms with Gasteiger partial charge >= 0.3 is 6.09 Å². The van der Waals surface area contributed by atoms with E-state index < -0.39 is 23.8 Å². The summed E-state index contributed by atoms with van der Waals surface area (Å²) in [6, 6.07) is 15.1. The van der Waals surface area contributed by atoms with Crippen molar-refractivity contribution >= 4 is 11.8 Å². The number of fused-ring (bicyclic) bond motifs is 2. The third-order valence-electron chi connectivity index (χ3n) is 10.6. The van der Waals surface area contributed by atoms with Crippen molar-refractivity contribution in [2.45, 2.75) is 75.7 Å². The number of hydrogen-bond acceptors (Lipinski definition) is 9. The molecule has 5 rings (SSSR count). The Hall–Kier alpha value is -4.38.